The quantitative estimate of drug-likeness (QED) is 0.705. The molecule has 1 N–H and O–H groups in total. The van der Waals surface area contributed by atoms with Crippen LogP contribution in [0.15, 0.2) is 0 Å². The fourth-order valence-corrected chi connectivity index (χ4v) is 1.97. The monoisotopic (exact) mass is 285 g/mol. The van der Waals surface area contributed by atoms with Crippen LogP contribution in [0.5, 0.6) is 0 Å². The van der Waals surface area contributed by atoms with E-state index in [2.05, 4.69) is 45.9 Å². The minimum absolute atomic E-state index is 0.243. The number of halogens is 1. The highest BCUT2D eigenvalue weighted by molar-refractivity contribution is 6.28. The van der Waals surface area contributed by atoms with Gasteiger partial charge in [0.1, 0.15) is 0 Å². The van der Waals surface area contributed by atoms with Crippen molar-refractivity contribution in [1.29, 1.82) is 0 Å². The Bertz CT molecular complexity index is 368. The summed E-state index contributed by atoms with van der Waals surface area (Å²) in [5.74, 6) is 1.21. The van der Waals surface area contributed by atoms with Gasteiger partial charge in [-0.1, -0.05) is 26.2 Å². The highest BCUT2D eigenvalue weighted by Crippen LogP contribution is 2.13. The first-order valence-electron chi connectivity index (χ1n) is 7.11. The van der Waals surface area contributed by atoms with Crippen molar-refractivity contribution < 1.29 is 0 Å². The van der Waals surface area contributed by atoms with Gasteiger partial charge >= 0.3 is 0 Å². The van der Waals surface area contributed by atoms with Gasteiger partial charge in [0, 0.05) is 19.6 Å². The minimum atomic E-state index is 0.243. The Morgan fingerprint density at radius 1 is 1.00 bits per heavy atom. The van der Waals surface area contributed by atoms with Crippen LogP contribution in [0.1, 0.15) is 46.5 Å². The van der Waals surface area contributed by atoms with E-state index in [4.69, 9.17) is 11.6 Å². The van der Waals surface area contributed by atoms with Gasteiger partial charge in [-0.3, -0.25) is 0 Å². The largest absolute Gasteiger partial charge is 0.354 e. The molecule has 0 aliphatic heterocycles. The highest BCUT2D eigenvalue weighted by Gasteiger charge is 2.09. The van der Waals surface area contributed by atoms with Crippen molar-refractivity contribution >= 4 is 23.5 Å². The van der Waals surface area contributed by atoms with Gasteiger partial charge in [-0.15, -0.1) is 0 Å². The van der Waals surface area contributed by atoms with E-state index in [-0.39, 0.29) is 5.28 Å². The molecule has 0 saturated heterocycles. The van der Waals surface area contributed by atoms with Crippen molar-refractivity contribution in [1.82, 2.24) is 15.0 Å². The van der Waals surface area contributed by atoms with Gasteiger partial charge in [-0.2, -0.15) is 15.0 Å². The summed E-state index contributed by atoms with van der Waals surface area (Å²) in [7, 11) is 0. The molecule has 0 amide bonds. The fraction of sp³-hybridized carbons (Fsp3) is 0.769. The molecule has 6 heteroatoms. The Hall–Kier alpha value is -1.10. The van der Waals surface area contributed by atoms with Gasteiger partial charge in [-0.05, 0) is 31.9 Å². The first-order valence-corrected chi connectivity index (χ1v) is 7.49. The second-order valence-corrected chi connectivity index (χ2v) is 4.73. The smallest absolute Gasteiger partial charge is 0.231 e. The van der Waals surface area contributed by atoms with Crippen LogP contribution < -0.4 is 10.2 Å². The lowest BCUT2D eigenvalue weighted by Gasteiger charge is -2.18. The summed E-state index contributed by atoms with van der Waals surface area (Å²) in [5, 5.41) is 3.46. The molecule has 5 nitrogen and oxygen atoms in total. The standard InChI is InChI=1S/C13H24ClN5/c1-4-7-8-9-10-15-12-16-11(14)17-13(18-12)19(5-2)6-3/h4-10H2,1-3H3,(H,15,16,17,18). The van der Waals surface area contributed by atoms with E-state index in [0.29, 0.717) is 11.9 Å². The van der Waals surface area contributed by atoms with Gasteiger partial charge < -0.3 is 10.2 Å². The molecule has 0 radical (unpaired) electrons. The maximum atomic E-state index is 5.94. The van der Waals surface area contributed by atoms with E-state index in [1.54, 1.807) is 0 Å². The van der Waals surface area contributed by atoms with Crippen LogP contribution in [-0.4, -0.2) is 34.6 Å². The summed E-state index contributed by atoms with van der Waals surface area (Å²) in [6.07, 6.45) is 4.86. The summed E-state index contributed by atoms with van der Waals surface area (Å²) in [6.45, 7) is 8.92. The van der Waals surface area contributed by atoms with Crippen molar-refractivity contribution in [2.45, 2.75) is 46.5 Å². The molecule has 1 aromatic heterocycles. The Morgan fingerprint density at radius 3 is 2.37 bits per heavy atom. The molecular formula is C13H24ClN5. The Balaban J connectivity index is 2.58. The fourth-order valence-electron chi connectivity index (χ4n) is 1.82. The molecule has 0 atom stereocenters. The van der Waals surface area contributed by atoms with E-state index < -0.39 is 0 Å². The molecule has 0 unspecified atom stereocenters. The number of nitrogens with zero attached hydrogens (tertiary/aromatic N) is 4. The Morgan fingerprint density at radius 2 is 1.74 bits per heavy atom. The lowest BCUT2D eigenvalue weighted by molar-refractivity contribution is 0.682. The van der Waals surface area contributed by atoms with Crippen molar-refractivity contribution in [3.63, 3.8) is 0 Å². The van der Waals surface area contributed by atoms with Crippen molar-refractivity contribution in [2.75, 3.05) is 29.9 Å². The van der Waals surface area contributed by atoms with Crippen molar-refractivity contribution in [2.24, 2.45) is 0 Å². The van der Waals surface area contributed by atoms with Crippen LogP contribution in [0.2, 0.25) is 5.28 Å². The Labute approximate surface area is 120 Å². The van der Waals surface area contributed by atoms with Gasteiger partial charge in [0.15, 0.2) is 0 Å². The molecule has 0 fully saturated rings. The zero-order valence-electron chi connectivity index (χ0n) is 12.1. The van der Waals surface area contributed by atoms with Crippen molar-refractivity contribution in [3.05, 3.63) is 5.28 Å². The molecule has 0 aliphatic carbocycles. The third-order valence-electron chi connectivity index (χ3n) is 2.96. The summed E-state index contributed by atoms with van der Waals surface area (Å²) in [5.41, 5.74) is 0. The van der Waals surface area contributed by atoms with Crippen LogP contribution >= 0.6 is 11.6 Å². The van der Waals surface area contributed by atoms with Crippen molar-refractivity contribution in [3.8, 4) is 0 Å². The van der Waals surface area contributed by atoms with Crippen LogP contribution in [0.3, 0.4) is 0 Å². The summed E-state index contributed by atoms with van der Waals surface area (Å²) in [6, 6.07) is 0. The molecule has 0 aliphatic rings. The van der Waals surface area contributed by atoms with E-state index in [1.165, 1.54) is 19.3 Å². The van der Waals surface area contributed by atoms with Crippen LogP contribution in [0.4, 0.5) is 11.9 Å². The topological polar surface area (TPSA) is 53.9 Å². The number of unbranched alkanes of at least 4 members (excludes halogenated alkanes) is 3. The van der Waals surface area contributed by atoms with Gasteiger partial charge in [0.2, 0.25) is 17.2 Å². The molecule has 1 rings (SSSR count). The zero-order chi connectivity index (χ0) is 14.1. The first-order chi connectivity index (χ1) is 9.21. The SMILES string of the molecule is CCCCCCNc1nc(Cl)nc(N(CC)CC)n1. The molecule has 0 aromatic carbocycles. The van der Waals surface area contributed by atoms with Crippen LogP contribution in [-0.2, 0) is 0 Å². The molecule has 0 saturated carbocycles. The lowest BCUT2D eigenvalue weighted by atomic mass is 10.2. The molecule has 1 heterocycles. The van der Waals surface area contributed by atoms with E-state index in [9.17, 15) is 0 Å². The molecule has 0 spiro atoms. The van der Waals surface area contributed by atoms with E-state index >= 15 is 0 Å². The van der Waals surface area contributed by atoms with Crippen LogP contribution in [0.25, 0.3) is 0 Å². The third-order valence-corrected chi connectivity index (χ3v) is 3.13. The maximum absolute atomic E-state index is 5.94. The normalized spacial score (nSPS) is 10.5. The minimum Gasteiger partial charge on any atom is -0.354 e. The zero-order valence-corrected chi connectivity index (χ0v) is 12.9. The average Bonchev–Trinajstić information content (AvgIpc) is 2.39. The van der Waals surface area contributed by atoms with Gasteiger partial charge in [0.05, 0.1) is 0 Å². The number of anilines is 2. The van der Waals surface area contributed by atoms with Gasteiger partial charge in [0.25, 0.3) is 0 Å². The predicted molar refractivity (Wildman–Crippen MR) is 81.0 cm³/mol. The third kappa shape index (κ3) is 5.59. The number of hydrogen-bond acceptors (Lipinski definition) is 5. The Kier molecular flexibility index (Phi) is 7.48. The second kappa shape index (κ2) is 8.91. The number of nitrogens with one attached hydrogen (secondary N) is 1. The average molecular weight is 286 g/mol. The predicted octanol–water partition coefficient (Wildman–Crippen LogP) is 3.36. The number of rotatable bonds is 9. The second-order valence-electron chi connectivity index (χ2n) is 4.39. The van der Waals surface area contributed by atoms with Crippen LogP contribution in [0, 0.1) is 0 Å². The number of aromatic nitrogens is 3. The molecule has 108 valence electrons. The lowest BCUT2D eigenvalue weighted by Crippen LogP contribution is -2.25. The molecule has 0 bridgehead atoms. The van der Waals surface area contributed by atoms with E-state index in [1.807, 2.05) is 0 Å². The summed E-state index contributed by atoms with van der Waals surface area (Å²) >= 11 is 5.94. The van der Waals surface area contributed by atoms with E-state index in [0.717, 1.165) is 26.1 Å². The first kappa shape index (κ1) is 16.0. The molecule has 19 heavy (non-hydrogen) atoms. The summed E-state index contributed by atoms with van der Waals surface area (Å²) < 4.78 is 0. The van der Waals surface area contributed by atoms with Gasteiger partial charge in [-0.25, -0.2) is 0 Å². The summed E-state index contributed by atoms with van der Waals surface area (Å²) in [4.78, 5) is 14.7. The molecule has 1 aromatic rings. The number of hydrogen-bond donors (Lipinski definition) is 1. The maximum Gasteiger partial charge on any atom is 0.231 e. The molecular weight excluding hydrogens is 262 g/mol. The highest BCUT2D eigenvalue weighted by atomic mass is 35.5.